The van der Waals surface area contributed by atoms with Crippen molar-refractivity contribution in [1.82, 2.24) is 9.88 Å². The summed E-state index contributed by atoms with van der Waals surface area (Å²) in [6, 6.07) is 0. The minimum absolute atomic E-state index is 0.0206. The SMILES string of the molecule is CC(C)(C)c1ncc(CN2CCC(C(O)C(F)(F)F)CC2)s1. The molecule has 7 heteroatoms. The summed E-state index contributed by atoms with van der Waals surface area (Å²) in [5, 5.41) is 10.4. The van der Waals surface area contributed by atoms with E-state index < -0.39 is 18.2 Å². The van der Waals surface area contributed by atoms with Crippen LogP contribution >= 0.6 is 11.3 Å². The first kappa shape index (κ1) is 17.7. The van der Waals surface area contributed by atoms with Gasteiger partial charge in [-0.2, -0.15) is 13.2 Å². The molecule has 2 rings (SSSR count). The Hall–Kier alpha value is -0.660. The molecule has 2 heterocycles. The first-order valence-corrected chi connectivity index (χ1v) is 8.31. The molecule has 0 aromatic carbocycles. The van der Waals surface area contributed by atoms with Crippen molar-refractivity contribution in [2.75, 3.05) is 13.1 Å². The third-order valence-corrected chi connectivity index (χ3v) is 5.40. The minimum atomic E-state index is -4.51. The second-order valence-corrected chi connectivity index (χ2v) is 8.10. The molecule has 0 aliphatic carbocycles. The summed E-state index contributed by atoms with van der Waals surface area (Å²) in [7, 11) is 0. The number of likely N-dealkylation sites (tertiary alicyclic amines) is 1. The number of halogens is 3. The number of aliphatic hydroxyl groups is 1. The number of piperidine rings is 1. The summed E-state index contributed by atoms with van der Waals surface area (Å²) < 4.78 is 37.6. The third kappa shape index (κ3) is 4.43. The first-order valence-electron chi connectivity index (χ1n) is 7.49. The van der Waals surface area contributed by atoms with Gasteiger partial charge in [-0.3, -0.25) is 4.90 Å². The highest BCUT2D eigenvalue weighted by atomic mass is 32.1. The average molecular weight is 336 g/mol. The number of hydrogen-bond acceptors (Lipinski definition) is 4. The molecule has 0 spiro atoms. The fourth-order valence-electron chi connectivity index (χ4n) is 2.64. The monoisotopic (exact) mass is 336 g/mol. The fraction of sp³-hybridized carbons (Fsp3) is 0.800. The highest BCUT2D eigenvalue weighted by Crippen LogP contribution is 2.33. The second kappa shape index (κ2) is 6.45. The number of aliphatic hydroxyl groups excluding tert-OH is 1. The zero-order valence-corrected chi connectivity index (χ0v) is 14.0. The van der Waals surface area contributed by atoms with Gasteiger partial charge in [0.05, 0.1) is 5.01 Å². The first-order chi connectivity index (χ1) is 10.1. The molecule has 1 aliphatic rings. The maximum Gasteiger partial charge on any atom is 0.414 e. The highest BCUT2D eigenvalue weighted by Gasteiger charge is 2.44. The van der Waals surface area contributed by atoms with Gasteiger partial charge in [0.2, 0.25) is 0 Å². The molecule has 1 aromatic rings. The van der Waals surface area contributed by atoms with E-state index in [4.69, 9.17) is 0 Å². The van der Waals surface area contributed by atoms with E-state index >= 15 is 0 Å². The van der Waals surface area contributed by atoms with Crippen LogP contribution in [0.3, 0.4) is 0 Å². The average Bonchev–Trinajstić information content (AvgIpc) is 2.86. The standard InChI is InChI=1S/C15H23F3N2OS/c1-14(2,3)13-19-8-11(22-13)9-20-6-4-10(5-7-20)12(21)15(16,17)18/h8,10,12,21H,4-7,9H2,1-3H3. The summed E-state index contributed by atoms with van der Waals surface area (Å²) in [5.74, 6) is -0.678. The lowest BCUT2D eigenvalue weighted by Gasteiger charge is -2.34. The zero-order valence-electron chi connectivity index (χ0n) is 13.2. The lowest BCUT2D eigenvalue weighted by atomic mass is 9.91. The Morgan fingerprint density at radius 1 is 1.32 bits per heavy atom. The van der Waals surface area contributed by atoms with Gasteiger partial charge in [0.15, 0.2) is 6.10 Å². The largest absolute Gasteiger partial charge is 0.414 e. The molecule has 0 amide bonds. The Kier molecular flexibility index (Phi) is 5.19. The number of rotatable bonds is 3. The number of nitrogens with zero attached hydrogens (tertiary/aromatic N) is 2. The van der Waals surface area contributed by atoms with E-state index in [-0.39, 0.29) is 5.41 Å². The van der Waals surface area contributed by atoms with Crippen LogP contribution in [0.2, 0.25) is 0 Å². The molecular formula is C15H23F3N2OS. The van der Waals surface area contributed by atoms with E-state index in [1.54, 1.807) is 11.3 Å². The fourth-order valence-corrected chi connectivity index (χ4v) is 3.65. The van der Waals surface area contributed by atoms with Crippen molar-refractivity contribution in [2.45, 2.75) is 57.9 Å². The molecule has 1 saturated heterocycles. The van der Waals surface area contributed by atoms with Crippen LogP contribution in [0.25, 0.3) is 0 Å². The molecule has 126 valence electrons. The van der Waals surface area contributed by atoms with Crippen molar-refractivity contribution in [2.24, 2.45) is 5.92 Å². The van der Waals surface area contributed by atoms with Gasteiger partial charge in [-0.25, -0.2) is 4.98 Å². The van der Waals surface area contributed by atoms with Crippen LogP contribution in [0, 0.1) is 5.92 Å². The van der Waals surface area contributed by atoms with E-state index in [0.29, 0.717) is 25.9 Å². The lowest BCUT2D eigenvalue weighted by molar-refractivity contribution is -0.223. The number of thiazole rings is 1. The second-order valence-electron chi connectivity index (χ2n) is 6.98. The van der Waals surface area contributed by atoms with Crippen LogP contribution in [-0.4, -0.2) is 40.4 Å². The molecular weight excluding hydrogens is 313 g/mol. The van der Waals surface area contributed by atoms with Crippen molar-refractivity contribution < 1.29 is 18.3 Å². The van der Waals surface area contributed by atoms with Gasteiger partial charge in [0.25, 0.3) is 0 Å². The quantitative estimate of drug-likeness (QED) is 0.917. The number of alkyl halides is 3. The van der Waals surface area contributed by atoms with E-state index in [0.717, 1.165) is 16.4 Å². The van der Waals surface area contributed by atoms with Gasteiger partial charge in [-0.05, 0) is 31.8 Å². The molecule has 22 heavy (non-hydrogen) atoms. The van der Waals surface area contributed by atoms with Gasteiger partial charge < -0.3 is 5.11 Å². The summed E-state index contributed by atoms with van der Waals surface area (Å²) in [6.45, 7) is 8.22. The third-order valence-electron chi connectivity index (χ3n) is 3.99. The van der Waals surface area contributed by atoms with Crippen LogP contribution in [-0.2, 0) is 12.0 Å². The van der Waals surface area contributed by atoms with Gasteiger partial charge in [0, 0.05) is 23.0 Å². The van der Waals surface area contributed by atoms with Crippen LogP contribution in [0.15, 0.2) is 6.20 Å². The van der Waals surface area contributed by atoms with E-state index in [2.05, 4.69) is 30.7 Å². The van der Waals surface area contributed by atoms with E-state index in [1.165, 1.54) is 0 Å². The molecule has 0 bridgehead atoms. The molecule has 1 N–H and O–H groups in total. The zero-order chi connectivity index (χ0) is 16.5. The number of hydrogen-bond donors (Lipinski definition) is 1. The Balaban J connectivity index is 1.86. The van der Waals surface area contributed by atoms with Crippen molar-refractivity contribution >= 4 is 11.3 Å². The Labute approximate surface area is 133 Å². The molecule has 3 nitrogen and oxygen atoms in total. The van der Waals surface area contributed by atoms with Gasteiger partial charge >= 0.3 is 6.18 Å². The van der Waals surface area contributed by atoms with Gasteiger partial charge in [-0.15, -0.1) is 11.3 Å². The van der Waals surface area contributed by atoms with Crippen LogP contribution < -0.4 is 0 Å². The van der Waals surface area contributed by atoms with Crippen molar-refractivity contribution in [3.63, 3.8) is 0 Å². The summed E-state index contributed by atoms with van der Waals surface area (Å²) in [6.07, 6.45) is -4.07. The topological polar surface area (TPSA) is 36.4 Å². The predicted molar refractivity (Wildman–Crippen MR) is 80.9 cm³/mol. The maximum atomic E-state index is 12.5. The maximum absolute atomic E-state index is 12.5. The molecule has 1 aliphatic heterocycles. The summed E-state index contributed by atoms with van der Waals surface area (Å²) >= 11 is 1.66. The number of aromatic nitrogens is 1. The van der Waals surface area contributed by atoms with Crippen molar-refractivity contribution in [1.29, 1.82) is 0 Å². The lowest BCUT2D eigenvalue weighted by Crippen LogP contribution is -2.43. The highest BCUT2D eigenvalue weighted by molar-refractivity contribution is 7.11. The van der Waals surface area contributed by atoms with Crippen molar-refractivity contribution in [3.05, 3.63) is 16.1 Å². The summed E-state index contributed by atoms with van der Waals surface area (Å²) in [5.41, 5.74) is 0.0206. The Morgan fingerprint density at radius 3 is 2.36 bits per heavy atom. The molecule has 1 fully saturated rings. The molecule has 0 saturated carbocycles. The molecule has 1 atom stereocenters. The van der Waals surface area contributed by atoms with Crippen molar-refractivity contribution in [3.8, 4) is 0 Å². The van der Waals surface area contributed by atoms with Crippen LogP contribution in [0.4, 0.5) is 13.2 Å². The van der Waals surface area contributed by atoms with E-state index in [1.807, 2.05) is 6.20 Å². The molecule has 1 aromatic heterocycles. The Morgan fingerprint density at radius 2 is 1.91 bits per heavy atom. The Bertz CT molecular complexity index is 488. The van der Waals surface area contributed by atoms with Crippen LogP contribution in [0.1, 0.15) is 43.5 Å². The molecule has 0 radical (unpaired) electrons. The molecule has 1 unspecified atom stereocenters. The van der Waals surface area contributed by atoms with Gasteiger partial charge in [0.1, 0.15) is 0 Å². The van der Waals surface area contributed by atoms with Crippen LogP contribution in [0.5, 0.6) is 0 Å². The summed E-state index contributed by atoms with van der Waals surface area (Å²) in [4.78, 5) is 7.71. The normalized spacial score (nSPS) is 20.3. The van der Waals surface area contributed by atoms with Gasteiger partial charge in [-0.1, -0.05) is 20.8 Å². The minimum Gasteiger partial charge on any atom is -0.383 e. The smallest absolute Gasteiger partial charge is 0.383 e. The van der Waals surface area contributed by atoms with E-state index in [9.17, 15) is 18.3 Å². The predicted octanol–water partition coefficient (Wildman–Crippen LogP) is 3.58.